The fraction of sp³-hybridized carbons (Fsp3) is 0.600. The van der Waals surface area contributed by atoms with Gasteiger partial charge in [0, 0.05) is 13.2 Å². The number of rotatable bonds is 3. The minimum absolute atomic E-state index is 0.575. The molecule has 1 aromatic heterocycles. The highest BCUT2D eigenvalue weighted by atomic mass is 16.4. The van der Waals surface area contributed by atoms with E-state index in [0.717, 1.165) is 19.7 Å². The molecule has 1 fully saturated rings. The Morgan fingerprint density at radius 2 is 2.57 bits per heavy atom. The molecule has 0 spiro atoms. The van der Waals surface area contributed by atoms with E-state index in [0.29, 0.717) is 11.8 Å². The fourth-order valence-corrected chi connectivity index (χ4v) is 2.24. The van der Waals surface area contributed by atoms with E-state index in [1.165, 1.54) is 12.0 Å². The van der Waals surface area contributed by atoms with Crippen molar-refractivity contribution < 1.29 is 9.07 Å². The molecule has 3 nitrogen and oxygen atoms in total. The number of piperidine rings is 1. The van der Waals surface area contributed by atoms with Gasteiger partial charge in [0.2, 0.25) is 0 Å². The molecule has 1 aliphatic heterocycles. The summed E-state index contributed by atoms with van der Waals surface area (Å²) in [7, 11) is 1.76. The monoisotopic (exact) mass is 193 g/mol. The van der Waals surface area contributed by atoms with Crippen molar-refractivity contribution in [1.29, 1.82) is 0 Å². The smallest absolute Gasteiger partial charge is 0.257 e. The summed E-state index contributed by atoms with van der Waals surface area (Å²) in [5.41, 5.74) is 1.31. The molecular formula is C10H16BNO2. The van der Waals surface area contributed by atoms with Crippen molar-refractivity contribution in [2.24, 2.45) is 5.92 Å². The van der Waals surface area contributed by atoms with Crippen LogP contribution in [0.3, 0.4) is 0 Å². The summed E-state index contributed by atoms with van der Waals surface area (Å²) in [6, 6.07) is 2.07. The topological polar surface area (TPSA) is 34.4 Å². The van der Waals surface area contributed by atoms with E-state index in [4.69, 9.17) is 9.07 Å². The number of hydrogen-bond donors (Lipinski definition) is 1. The Labute approximate surface area is 85.3 Å². The molecular weight excluding hydrogens is 177 g/mol. The quantitative estimate of drug-likeness (QED) is 0.711. The summed E-state index contributed by atoms with van der Waals surface area (Å²) in [4.78, 5) is 0. The maximum Gasteiger partial charge on any atom is 0.257 e. The third kappa shape index (κ3) is 2.02. The number of hydrogen-bond acceptors (Lipinski definition) is 3. The highest BCUT2D eigenvalue weighted by Gasteiger charge is 2.26. The molecule has 0 amide bonds. The number of furan rings is 1. The van der Waals surface area contributed by atoms with Crippen LogP contribution in [-0.4, -0.2) is 27.7 Å². The van der Waals surface area contributed by atoms with E-state index in [2.05, 4.69) is 11.4 Å². The summed E-state index contributed by atoms with van der Waals surface area (Å²) >= 11 is 0. The second-order valence-electron chi connectivity index (χ2n) is 3.87. The predicted molar refractivity (Wildman–Crippen MR) is 56.9 cm³/mol. The Balaban J connectivity index is 2.06. The fourth-order valence-electron chi connectivity index (χ4n) is 2.24. The van der Waals surface area contributed by atoms with E-state index in [1.54, 1.807) is 14.3 Å². The van der Waals surface area contributed by atoms with Crippen LogP contribution in [-0.2, 0) is 4.65 Å². The first-order chi connectivity index (χ1) is 6.92. The van der Waals surface area contributed by atoms with Crippen LogP contribution in [0.1, 0.15) is 17.9 Å². The van der Waals surface area contributed by atoms with Crippen molar-refractivity contribution in [2.75, 3.05) is 19.7 Å². The van der Waals surface area contributed by atoms with E-state index < -0.39 is 0 Å². The van der Waals surface area contributed by atoms with Gasteiger partial charge in [-0.15, -0.1) is 0 Å². The Morgan fingerprint density at radius 3 is 3.29 bits per heavy atom. The van der Waals surface area contributed by atoms with Gasteiger partial charge in [0.1, 0.15) is 0 Å². The van der Waals surface area contributed by atoms with Crippen molar-refractivity contribution in [2.45, 2.75) is 12.3 Å². The van der Waals surface area contributed by atoms with Gasteiger partial charge in [0.15, 0.2) is 0 Å². The first kappa shape index (κ1) is 9.81. The maximum atomic E-state index is 5.24. The van der Waals surface area contributed by atoms with E-state index in [1.807, 2.05) is 6.26 Å². The highest BCUT2D eigenvalue weighted by molar-refractivity contribution is 5.97. The lowest BCUT2D eigenvalue weighted by atomic mass is 9.83. The minimum Gasteiger partial charge on any atom is -0.472 e. The molecule has 1 aromatic rings. The molecule has 2 heterocycles. The lowest BCUT2D eigenvalue weighted by Gasteiger charge is -2.31. The van der Waals surface area contributed by atoms with Crippen LogP contribution in [0.25, 0.3) is 0 Å². The van der Waals surface area contributed by atoms with Gasteiger partial charge in [-0.25, -0.2) is 0 Å². The minimum atomic E-state index is 0.575. The van der Waals surface area contributed by atoms with Crippen LogP contribution < -0.4 is 5.32 Å². The van der Waals surface area contributed by atoms with Gasteiger partial charge in [-0.3, -0.25) is 0 Å². The molecule has 0 bridgehead atoms. The zero-order chi connectivity index (χ0) is 9.80. The average Bonchev–Trinajstić information content (AvgIpc) is 2.72. The van der Waals surface area contributed by atoms with Gasteiger partial charge >= 0.3 is 0 Å². The van der Waals surface area contributed by atoms with Gasteiger partial charge in [0.25, 0.3) is 8.05 Å². The maximum absolute atomic E-state index is 5.24. The van der Waals surface area contributed by atoms with Crippen molar-refractivity contribution in [3.05, 3.63) is 24.2 Å². The van der Waals surface area contributed by atoms with Gasteiger partial charge in [-0.05, 0) is 36.4 Å². The van der Waals surface area contributed by atoms with Crippen LogP contribution in [0.5, 0.6) is 0 Å². The molecule has 0 aliphatic carbocycles. The Kier molecular flexibility index (Phi) is 3.27. The SMILES string of the molecule is BOCC1CNCC[C@H]1c1ccoc1. The Morgan fingerprint density at radius 1 is 1.64 bits per heavy atom. The lowest BCUT2D eigenvalue weighted by Crippen LogP contribution is -2.37. The largest absolute Gasteiger partial charge is 0.472 e. The summed E-state index contributed by atoms with van der Waals surface area (Å²) in [6.45, 7) is 2.96. The second-order valence-corrected chi connectivity index (χ2v) is 3.87. The summed E-state index contributed by atoms with van der Waals surface area (Å²) in [6.07, 6.45) is 4.79. The molecule has 2 rings (SSSR count). The van der Waals surface area contributed by atoms with Crippen molar-refractivity contribution in [3.63, 3.8) is 0 Å². The van der Waals surface area contributed by atoms with Gasteiger partial charge in [0.05, 0.1) is 12.5 Å². The lowest BCUT2D eigenvalue weighted by molar-refractivity contribution is 0.208. The first-order valence-corrected chi connectivity index (χ1v) is 5.13. The molecule has 0 aromatic carbocycles. The molecule has 4 heteroatoms. The molecule has 1 aliphatic rings. The predicted octanol–water partition coefficient (Wildman–Crippen LogP) is 0.537. The third-order valence-corrected chi connectivity index (χ3v) is 2.96. The summed E-state index contributed by atoms with van der Waals surface area (Å²) < 4.78 is 10.4. The van der Waals surface area contributed by atoms with Crippen LogP contribution in [0.4, 0.5) is 0 Å². The molecule has 1 saturated heterocycles. The standard InChI is InChI=1S/C10H16BNO2/c11-14-7-9-5-12-3-1-10(9)8-2-4-13-6-8/h2,4,6,9-10,12H,1,3,5,7,11H2/t9?,10-/m0/s1. The van der Waals surface area contributed by atoms with Crippen LogP contribution >= 0.6 is 0 Å². The van der Waals surface area contributed by atoms with Gasteiger partial charge < -0.3 is 14.4 Å². The molecule has 2 atom stereocenters. The molecule has 76 valence electrons. The van der Waals surface area contributed by atoms with Crippen molar-refractivity contribution >= 4 is 8.05 Å². The van der Waals surface area contributed by atoms with E-state index >= 15 is 0 Å². The molecule has 1 N–H and O–H groups in total. The Hall–Kier alpha value is -0.735. The summed E-state index contributed by atoms with van der Waals surface area (Å²) in [5.74, 6) is 1.17. The molecule has 0 saturated carbocycles. The molecule has 1 unspecified atom stereocenters. The molecule has 14 heavy (non-hydrogen) atoms. The van der Waals surface area contributed by atoms with Crippen LogP contribution in [0, 0.1) is 5.92 Å². The summed E-state index contributed by atoms with van der Waals surface area (Å²) in [5, 5.41) is 3.40. The van der Waals surface area contributed by atoms with Crippen LogP contribution in [0.2, 0.25) is 0 Å². The first-order valence-electron chi connectivity index (χ1n) is 5.13. The highest BCUT2D eigenvalue weighted by Crippen LogP contribution is 2.30. The van der Waals surface area contributed by atoms with Crippen molar-refractivity contribution in [3.8, 4) is 0 Å². The Bertz CT molecular complexity index is 261. The zero-order valence-corrected chi connectivity index (χ0v) is 8.53. The third-order valence-electron chi connectivity index (χ3n) is 2.96. The van der Waals surface area contributed by atoms with Gasteiger partial charge in [-0.1, -0.05) is 0 Å². The average molecular weight is 193 g/mol. The van der Waals surface area contributed by atoms with Crippen molar-refractivity contribution in [1.82, 2.24) is 5.32 Å². The van der Waals surface area contributed by atoms with Crippen LogP contribution in [0.15, 0.2) is 23.0 Å². The molecule has 0 radical (unpaired) electrons. The normalized spacial score (nSPS) is 27.7. The van der Waals surface area contributed by atoms with E-state index in [-0.39, 0.29) is 0 Å². The number of nitrogens with one attached hydrogen (secondary N) is 1. The zero-order valence-electron chi connectivity index (χ0n) is 8.53. The second kappa shape index (κ2) is 4.67. The van der Waals surface area contributed by atoms with E-state index in [9.17, 15) is 0 Å². The van der Waals surface area contributed by atoms with Gasteiger partial charge in [-0.2, -0.15) is 0 Å².